The Morgan fingerprint density at radius 3 is 2.68 bits per heavy atom. The van der Waals surface area contributed by atoms with Crippen LogP contribution < -0.4 is 15.0 Å². The highest BCUT2D eigenvalue weighted by Gasteiger charge is 2.54. The molecule has 1 spiro atoms. The van der Waals surface area contributed by atoms with Gasteiger partial charge in [0, 0.05) is 24.0 Å². The number of carbonyl (C=O) groups is 1. The molecule has 1 atom stereocenters. The summed E-state index contributed by atoms with van der Waals surface area (Å²) in [4.78, 5) is 20.3. The van der Waals surface area contributed by atoms with Crippen LogP contribution >= 0.6 is 0 Å². The molecule has 5 rings (SSSR count). The van der Waals surface area contributed by atoms with Crippen LogP contribution in [0, 0.1) is 0 Å². The van der Waals surface area contributed by atoms with Crippen LogP contribution in [0.2, 0.25) is 0 Å². The minimum atomic E-state index is -0.669. The van der Waals surface area contributed by atoms with E-state index in [2.05, 4.69) is 16.4 Å². The van der Waals surface area contributed by atoms with E-state index in [-0.39, 0.29) is 5.91 Å². The molecule has 0 saturated heterocycles. The van der Waals surface area contributed by atoms with E-state index in [0.29, 0.717) is 6.54 Å². The molecule has 140 valence electrons. The zero-order valence-corrected chi connectivity index (χ0v) is 15.7. The van der Waals surface area contributed by atoms with Gasteiger partial charge in [0.2, 0.25) is 5.91 Å². The summed E-state index contributed by atoms with van der Waals surface area (Å²) in [5, 5.41) is 3.35. The number of benzene rings is 2. The predicted octanol–water partition coefficient (Wildman–Crippen LogP) is 3.74. The van der Waals surface area contributed by atoms with E-state index in [1.165, 1.54) is 0 Å². The first-order valence-corrected chi connectivity index (χ1v) is 9.48. The topological polar surface area (TPSA) is 54.5 Å². The third kappa shape index (κ3) is 2.32. The minimum absolute atomic E-state index is 0.125. The van der Waals surface area contributed by atoms with E-state index in [0.717, 1.165) is 46.9 Å². The Kier molecular flexibility index (Phi) is 3.83. The summed E-state index contributed by atoms with van der Waals surface area (Å²) in [6, 6.07) is 20.0. The van der Waals surface area contributed by atoms with Crippen molar-refractivity contribution in [2.75, 3.05) is 23.9 Å². The second-order valence-electron chi connectivity index (χ2n) is 7.24. The highest BCUT2D eigenvalue weighted by atomic mass is 16.5. The Morgan fingerprint density at radius 2 is 1.86 bits per heavy atom. The van der Waals surface area contributed by atoms with Gasteiger partial charge in [0.05, 0.1) is 13.7 Å². The van der Waals surface area contributed by atoms with Gasteiger partial charge in [0.1, 0.15) is 17.0 Å². The number of fused-ring (bicyclic) bond motifs is 4. The predicted molar refractivity (Wildman–Crippen MR) is 109 cm³/mol. The van der Waals surface area contributed by atoms with Crippen molar-refractivity contribution in [3.63, 3.8) is 0 Å². The van der Waals surface area contributed by atoms with Gasteiger partial charge < -0.3 is 15.0 Å². The third-order valence-electron chi connectivity index (χ3n) is 5.82. The van der Waals surface area contributed by atoms with Crippen LogP contribution in [0.4, 0.5) is 11.5 Å². The van der Waals surface area contributed by atoms with Crippen LogP contribution in [0.15, 0.2) is 66.9 Å². The summed E-state index contributed by atoms with van der Waals surface area (Å²) < 4.78 is 5.25. The second-order valence-corrected chi connectivity index (χ2v) is 7.24. The highest BCUT2D eigenvalue weighted by molar-refractivity contribution is 6.11. The van der Waals surface area contributed by atoms with Crippen molar-refractivity contribution in [3.8, 4) is 5.75 Å². The number of carbonyl (C=O) groups excluding carboxylic acids is 1. The fourth-order valence-corrected chi connectivity index (χ4v) is 4.49. The largest absolute Gasteiger partial charge is 0.497 e. The number of rotatable bonds is 3. The molecule has 0 saturated carbocycles. The zero-order valence-electron chi connectivity index (χ0n) is 15.7. The Hall–Kier alpha value is -3.34. The summed E-state index contributed by atoms with van der Waals surface area (Å²) in [6.45, 7) is 1.26. The smallest absolute Gasteiger partial charge is 0.242 e. The van der Waals surface area contributed by atoms with Gasteiger partial charge in [0.25, 0.3) is 0 Å². The Labute approximate surface area is 164 Å². The van der Waals surface area contributed by atoms with Gasteiger partial charge in [-0.15, -0.1) is 0 Å². The molecule has 3 aromatic rings. The van der Waals surface area contributed by atoms with Crippen molar-refractivity contribution < 1.29 is 9.53 Å². The summed E-state index contributed by atoms with van der Waals surface area (Å²) >= 11 is 0. The maximum atomic E-state index is 13.9. The van der Waals surface area contributed by atoms with E-state index in [4.69, 9.17) is 4.74 Å². The Balaban J connectivity index is 1.62. The van der Waals surface area contributed by atoms with Crippen molar-refractivity contribution in [2.24, 2.45) is 0 Å². The summed E-state index contributed by atoms with van der Waals surface area (Å²) in [7, 11) is 1.65. The maximum absolute atomic E-state index is 13.9. The first-order valence-electron chi connectivity index (χ1n) is 9.48. The number of aromatic nitrogens is 1. The molecule has 2 aliphatic rings. The monoisotopic (exact) mass is 371 g/mol. The number of amides is 1. The molecule has 1 aromatic heterocycles. The fourth-order valence-electron chi connectivity index (χ4n) is 4.49. The summed E-state index contributed by atoms with van der Waals surface area (Å²) in [5.41, 5.74) is 3.43. The van der Waals surface area contributed by atoms with Crippen molar-refractivity contribution in [1.82, 2.24) is 4.98 Å². The lowest BCUT2D eigenvalue weighted by atomic mass is 9.71. The molecule has 0 aliphatic carbocycles. The van der Waals surface area contributed by atoms with Crippen molar-refractivity contribution in [3.05, 3.63) is 83.6 Å². The highest BCUT2D eigenvalue weighted by Crippen LogP contribution is 2.51. The number of anilines is 2. The normalized spacial score (nSPS) is 19.9. The zero-order chi connectivity index (χ0) is 19.1. The molecule has 2 aliphatic heterocycles. The first kappa shape index (κ1) is 16.8. The second kappa shape index (κ2) is 6.37. The number of hydrogen-bond donors (Lipinski definition) is 1. The fraction of sp³-hybridized carbons (Fsp3) is 0.217. The average Bonchev–Trinajstić information content (AvgIpc) is 2.98. The molecular weight excluding hydrogens is 350 g/mol. The summed E-state index contributed by atoms with van der Waals surface area (Å²) in [5.74, 6) is 1.75. The van der Waals surface area contributed by atoms with Crippen LogP contribution in [0.25, 0.3) is 0 Å². The van der Waals surface area contributed by atoms with Crippen molar-refractivity contribution in [1.29, 1.82) is 0 Å². The molecule has 0 bridgehead atoms. The number of nitrogens with zero attached hydrogens (tertiary/aromatic N) is 2. The first-order chi connectivity index (χ1) is 13.7. The number of pyridine rings is 1. The molecule has 3 heterocycles. The van der Waals surface area contributed by atoms with E-state index in [1.54, 1.807) is 13.3 Å². The van der Waals surface area contributed by atoms with Crippen molar-refractivity contribution in [2.45, 2.75) is 18.4 Å². The van der Waals surface area contributed by atoms with Gasteiger partial charge in [0.15, 0.2) is 0 Å². The maximum Gasteiger partial charge on any atom is 0.242 e. The van der Waals surface area contributed by atoms with Crippen LogP contribution in [-0.2, 0) is 16.8 Å². The molecule has 1 amide bonds. The van der Waals surface area contributed by atoms with Gasteiger partial charge in [-0.1, -0.05) is 36.4 Å². The standard InChI is InChI=1S/C23H21N3O2/c1-28-17-10-8-16(9-11-17)15-26-20-7-3-2-5-18(20)23(22(26)27)12-14-25-21-19(23)6-4-13-24-21/h2-11,13H,12,14-15H2,1H3,(H,24,25). The molecule has 2 aromatic carbocycles. The van der Waals surface area contributed by atoms with Crippen LogP contribution in [0.1, 0.15) is 23.1 Å². The SMILES string of the molecule is COc1ccc(CN2C(=O)C3(CCNc4ncccc43)c3ccccc32)cc1. The van der Waals surface area contributed by atoms with Crippen molar-refractivity contribution >= 4 is 17.4 Å². The minimum Gasteiger partial charge on any atom is -0.497 e. The quantitative estimate of drug-likeness (QED) is 0.762. The Morgan fingerprint density at radius 1 is 1.07 bits per heavy atom. The lowest BCUT2D eigenvalue weighted by Gasteiger charge is -2.34. The Bertz CT molecular complexity index is 1050. The van der Waals surface area contributed by atoms with E-state index in [9.17, 15) is 4.79 Å². The molecular formula is C23H21N3O2. The van der Waals surface area contributed by atoms with Gasteiger partial charge in [-0.3, -0.25) is 4.79 Å². The van der Waals surface area contributed by atoms with E-state index >= 15 is 0 Å². The van der Waals surface area contributed by atoms with E-state index in [1.807, 2.05) is 59.5 Å². The van der Waals surface area contributed by atoms with Gasteiger partial charge >= 0.3 is 0 Å². The molecule has 28 heavy (non-hydrogen) atoms. The number of nitrogens with one attached hydrogen (secondary N) is 1. The molecule has 1 unspecified atom stereocenters. The third-order valence-corrected chi connectivity index (χ3v) is 5.82. The van der Waals surface area contributed by atoms with Crippen LogP contribution in [0.5, 0.6) is 5.75 Å². The van der Waals surface area contributed by atoms with Crippen LogP contribution in [0.3, 0.4) is 0 Å². The van der Waals surface area contributed by atoms with Gasteiger partial charge in [-0.25, -0.2) is 4.98 Å². The number of methoxy groups -OCH3 is 1. The molecule has 0 fully saturated rings. The average molecular weight is 371 g/mol. The molecule has 5 heteroatoms. The lowest BCUT2D eigenvalue weighted by Crippen LogP contribution is -2.45. The van der Waals surface area contributed by atoms with Gasteiger partial charge in [-0.05, 0) is 41.8 Å². The number of para-hydroxylation sites is 1. The molecule has 5 nitrogen and oxygen atoms in total. The molecule has 0 radical (unpaired) electrons. The summed E-state index contributed by atoms with van der Waals surface area (Å²) in [6.07, 6.45) is 2.49. The van der Waals surface area contributed by atoms with E-state index < -0.39 is 5.41 Å². The molecule has 1 N–H and O–H groups in total. The number of hydrogen-bond acceptors (Lipinski definition) is 4. The van der Waals surface area contributed by atoms with Gasteiger partial charge in [-0.2, -0.15) is 0 Å². The number of ether oxygens (including phenoxy) is 1. The van der Waals surface area contributed by atoms with Crippen LogP contribution in [-0.4, -0.2) is 24.5 Å². The lowest BCUT2D eigenvalue weighted by molar-refractivity contribution is -0.122.